The summed E-state index contributed by atoms with van der Waals surface area (Å²) in [5, 5.41) is 78.5. The second kappa shape index (κ2) is 19.9. The molecule has 18 nitrogen and oxygen atoms in total. The van der Waals surface area contributed by atoms with Gasteiger partial charge in [-0.05, 0) is 82.6 Å². The molecule has 0 atom stereocenters. The molecule has 0 aliphatic rings. The van der Waals surface area contributed by atoms with E-state index in [1.165, 1.54) is 48.5 Å². The maximum absolute atomic E-state index is 12.5. The maximum atomic E-state index is 12.5. The van der Waals surface area contributed by atoms with Crippen LogP contribution in [0.15, 0.2) is 196 Å². The maximum Gasteiger partial charge on any atom is 1.00 e. The zero-order chi connectivity index (χ0) is 46.6. The number of phenols is 4. The zero-order valence-electron chi connectivity index (χ0n) is 34.7. The minimum absolute atomic E-state index is 0. The number of phenolic OH excluding ortho intramolecular Hbond substituents is 4. The molecule has 0 unspecified atom stereocenters. The summed E-state index contributed by atoms with van der Waals surface area (Å²) in [7, 11) is -9.87. The molecular weight excluding hydrogens is 912 g/mol. The summed E-state index contributed by atoms with van der Waals surface area (Å²) in [5.74, 6) is -1.97. The van der Waals surface area contributed by atoms with E-state index in [0.717, 1.165) is 45.8 Å². The Bertz CT molecular complexity index is 3380. The second-order valence-corrected chi connectivity index (χ2v) is 16.9. The van der Waals surface area contributed by atoms with Crippen LogP contribution in [0.5, 0.6) is 23.0 Å². The van der Waals surface area contributed by atoms with E-state index in [4.69, 9.17) is 0 Å². The van der Waals surface area contributed by atoms with E-state index in [2.05, 4.69) is 40.9 Å². The Balaban J connectivity index is 0.00000666. The van der Waals surface area contributed by atoms with E-state index < -0.39 is 53.0 Å². The van der Waals surface area contributed by atoms with Crippen LogP contribution in [0.3, 0.4) is 0 Å². The van der Waals surface area contributed by atoms with Crippen molar-refractivity contribution < 1.29 is 75.9 Å². The molecule has 0 heterocycles. The first-order valence-electron chi connectivity index (χ1n) is 19.3. The fraction of sp³-hybridized carbons (Fsp3) is 0. The van der Waals surface area contributed by atoms with Crippen molar-refractivity contribution in [2.24, 2.45) is 40.9 Å². The molecule has 8 aromatic carbocycles. The van der Waals surface area contributed by atoms with Crippen molar-refractivity contribution in [3.63, 3.8) is 0 Å². The summed E-state index contributed by atoms with van der Waals surface area (Å²) in [6.45, 7) is 0. The van der Waals surface area contributed by atoms with Crippen molar-refractivity contribution in [1.82, 2.24) is 0 Å². The van der Waals surface area contributed by atoms with Gasteiger partial charge in [0, 0.05) is 10.8 Å². The van der Waals surface area contributed by atoms with Crippen molar-refractivity contribution in [1.29, 1.82) is 0 Å². The number of aromatic hydroxyl groups is 4. The van der Waals surface area contributed by atoms with Crippen molar-refractivity contribution in [3.8, 4) is 23.0 Å². The topological polar surface area (TPSA) is 289 Å². The molecule has 0 bridgehead atoms. The molecule has 8 rings (SSSR count). The Morgan fingerprint density at radius 1 is 0.388 bits per heavy atom. The van der Waals surface area contributed by atoms with Crippen LogP contribution < -0.4 is 29.6 Å². The minimum Gasteiger partial charge on any atom is -0.505 e. The summed E-state index contributed by atoms with van der Waals surface area (Å²) in [4.78, 5) is -1.31. The van der Waals surface area contributed by atoms with Gasteiger partial charge in [0.1, 0.15) is 32.7 Å². The van der Waals surface area contributed by atoms with Gasteiger partial charge in [0.25, 0.3) is 20.2 Å². The number of hydrogen-bond donors (Lipinski definition) is 6. The molecule has 0 spiro atoms. The first-order chi connectivity index (χ1) is 31.6. The average Bonchev–Trinajstić information content (AvgIpc) is 3.30. The largest absolute Gasteiger partial charge is 1.00 e. The van der Waals surface area contributed by atoms with Crippen molar-refractivity contribution >= 4 is 99.4 Å². The van der Waals surface area contributed by atoms with Gasteiger partial charge in [0.15, 0.2) is 22.9 Å². The molecule has 0 aliphatic heterocycles. The molecule has 0 aromatic heterocycles. The van der Waals surface area contributed by atoms with Gasteiger partial charge in [0.05, 0.1) is 22.7 Å². The van der Waals surface area contributed by atoms with Gasteiger partial charge >= 0.3 is 29.6 Å². The number of hydrogen-bond acceptors (Lipinski definition) is 16. The number of benzene rings is 8. The Labute approximate surface area is 403 Å². The number of fused-ring (bicyclic) bond motifs is 2. The Morgan fingerprint density at radius 3 is 1.16 bits per heavy atom. The number of azo groups is 4. The summed E-state index contributed by atoms with van der Waals surface area (Å²) < 4.78 is 70.4. The molecule has 0 saturated carbocycles. The minimum atomic E-state index is -4.93. The van der Waals surface area contributed by atoms with Gasteiger partial charge in [-0.15, -0.1) is 30.7 Å². The van der Waals surface area contributed by atoms with Crippen molar-refractivity contribution in [2.45, 2.75) is 9.79 Å². The fourth-order valence-electron chi connectivity index (χ4n) is 6.57. The summed E-state index contributed by atoms with van der Waals surface area (Å²) in [6, 6.07) is 37.6. The molecule has 6 N–H and O–H groups in total. The van der Waals surface area contributed by atoms with Crippen molar-refractivity contribution in [2.75, 3.05) is 0 Å². The first-order valence-corrected chi connectivity index (χ1v) is 22.2. The van der Waals surface area contributed by atoms with Crippen LogP contribution in [0.2, 0.25) is 0 Å². The zero-order valence-corrected chi connectivity index (χ0v) is 38.4. The van der Waals surface area contributed by atoms with Crippen LogP contribution >= 0.6 is 0 Å². The number of nitrogens with zero attached hydrogens (tertiary/aromatic N) is 8. The van der Waals surface area contributed by atoms with Gasteiger partial charge in [-0.2, -0.15) is 27.1 Å². The van der Waals surface area contributed by atoms with E-state index >= 15 is 0 Å². The van der Waals surface area contributed by atoms with Crippen LogP contribution in [-0.2, 0) is 20.2 Å². The average molecular weight is 944 g/mol. The molecule has 0 fully saturated rings. The molecule has 67 heavy (non-hydrogen) atoms. The van der Waals surface area contributed by atoms with E-state index in [9.17, 15) is 46.4 Å². The van der Waals surface area contributed by atoms with Crippen LogP contribution in [0.4, 0.5) is 45.5 Å². The SMILES string of the molecule is O=S(=O)(O)c1cc(N=Nc2ccc(O)c(N=Nc3cccc4ccccc34)c2O)ccc1/C=C/c1ccc(N=Nc2ccc(O)c(N=Nc3cccc4ccccc34)c2O)cc1S(=O)(=O)O.[Na+]. The molecule has 8 aromatic rings. The van der Waals surface area contributed by atoms with Gasteiger partial charge < -0.3 is 20.4 Å². The molecule has 328 valence electrons. The third kappa shape index (κ3) is 10.8. The van der Waals surface area contributed by atoms with Crippen LogP contribution in [0.25, 0.3) is 33.7 Å². The molecule has 0 saturated heterocycles. The first kappa shape index (κ1) is 47.4. The standard InChI is InChI=1S/C46H32N8O10S2.Na/c55-39-23-21-37(45(57)43(39)53-49-35-13-5-9-27-7-1-3-11-33(27)35)51-47-31-19-17-29(41(25-31)65(59,60)61)15-16-30-18-20-32(26-42(30)66(62,63)64)48-52-38-22-24-40(56)44(46(38)58)54-50-36-14-6-10-28-8-2-4-12-34(28)36;/h1-26,55-58H,(H,59,60,61)(H,62,63,64);/q;+1/b16-15+,51-47?,52-48?,53-49?,54-50?;. The van der Waals surface area contributed by atoms with E-state index in [1.807, 2.05) is 60.7 Å². The van der Waals surface area contributed by atoms with Gasteiger partial charge in [-0.3, -0.25) is 9.11 Å². The monoisotopic (exact) mass is 943 g/mol. The quantitative estimate of drug-likeness (QED) is 0.0291. The molecular formula is C46H32N8NaO10S2+. The van der Waals surface area contributed by atoms with Gasteiger partial charge in [-0.1, -0.05) is 97.1 Å². The van der Waals surface area contributed by atoms with Crippen LogP contribution in [-0.4, -0.2) is 46.4 Å². The van der Waals surface area contributed by atoms with E-state index in [0.29, 0.717) is 11.4 Å². The smallest absolute Gasteiger partial charge is 0.505 e. The molecule has 0 aliphatic carbocycles. The van der Waals surface area contributed by atoms with Crippen LogP contribution in [0.1, 0.15) is 11.1 Å². The predicted octanol–water partition coefficient (Wildman–Crippen LogP) is 10.1. The van der Waals surface area contributed by atoms with E-state index in [-0.39, 0.29) is 74.8 Å². The van der Waals surface area contributed by atoms with E-state index in [1.54, 1.807) is 24.3 Å². The van der Waals surface area contributed by atoms with Crippen molar-refractivity contribution in [3.05, 3.63) is 157 Å². The molecule has 0 amide bonds. The summed E-state index contributed by atoms with van der Waals surface area (Å²) >= 11 is 0. The normalized spacial score (nSPS) is 12.4. The third-order valence-corrected chi connectivity index (χ3v) is 11.6. The number of rotatable bonds is 12. The summed E-state index contributed by atoms with van der Waals surface area (Å²) in [6.07, 6.45) is 2.33. The van der Waals surface area contributed by atoms with Crippen LogP contribution in [0, 0.1) is 0 Å². The Kier molecular flexibility index (Phi) is 14.1. The predicted molar refractivity (Wildman–Crippen MR) is 246 cm³/mol. The Morgan fingerprint density at radius 2 is 0.761 bits per heavy atom. The van der Waals surface area contributed by atoms with Gasteiger partial charge in [0.2, 0.25) is 0 Å². The fourth-order valence-corrected chi connectivity index (χ4v) is 7.98. The van der Waals surface area contributed by atoms with Gasteiger partial charge in [-0.25, -0.2) is 0 Å². The summed E-state index contributed by atoms with van der Waals surface area (Å²) in [5.41, 5.74) is -0.438. The Hall–Kier alpha value is -7.56. The molecule has 21 heteroatoms. The second-order valence-electron chi connectivity index (χ2n) is 14.1. The molecule has 0 radical (unpaired) electrons. The third-order valence-electron chi connectivity index (χ3n) is 9.80.